The molecule has 0 unspecified atom stereocenters. The lowest BCUT2D eigenvalue weighted by molar-refractivity contribution is 0.306. The van der Waals surface area contributed by atoms with Gasteiger partial charge in [-0.25, -0.2) is 9.97 Å². The van der Waals surface area contributed by atoms with E-state index >= 15 is 0 Å². The summed E-state index contributed by atoms with van der Waals surface area (Å²) in [6.45, 7) is 0.531. The number of ether oxygens (including phenoxy) is 1. The maximum absolute atomic E-state index is 5.80. The molecule has 1 aromatic heterocycles. The maximum atomic E-state index is 5.80. The molecule has 4 nitrogen and oxygen atoms in total. The predicted octanol–water partition coefficient (Wildman–Crippen LogP) is 4.45. The lowest BCUT2D eigenvalue weighted by Gasteiger charge is -2.09. The topological polar surface area (TPSA) is 47.0 Å². The van der Waals surface area contributed by atoms with Gasteiger partial charge in [0.25, 0.3) is 0 Å². The summed E-state index contributed by atoms with van der Waals surface area (Å²) in [5, 5.41) is 3.38. The van der Waals surface area contributed by atoms with Gasteiger partial charge in [0.1, 0.15) is 18.2 Å². The molecule has 0 aliphatic rings. The number of rotatable bonds is 5. The molecule has 0 aliphatic heterocycles. The normalized spacial score (nSPS) is 10.2. The third kappa shape index (κ3) is 3.96. The summed E-state index contributed by atoms with van der Waals surface area (Å²) in [5.74, 6) is 1.43. The second-order valence-corrected chi connectivity index (χ2v) is 4.98. The first-order valence-corrected chi connectivity index (χ1v) is 7.20. The number of aromatic nitrogens is 2. The van der Waals surface area contributed by atoms with Crippen LogP contribution < -0.4 is 10.1 Å². The molecule has 0 saturated heterocycles. The van der Waals surface area contributed by atoms with Gasteiger partial charge in [-0.3, -0.25) is 0 Å². The van der Waals surface area contributed by atoms with E-state index < -0.39 is 0 Å². The highest BCUT2D eigenvalue weighted by Crippen LogP contribution is 2.21. The van der Waals surface area contributed by atoms with Crippen molar-refractivity contribution in [2.75, 3.05) is 5.32 Å². The van der Waals surface area contributed by atoms with E-state index in [9.17, 15) is 0 Å². The molecule has 0 atom stereocenters. The Balaban J connectivity index is 1.67. The van der Waals surface area contributed by atoms with Crippen LogP contribution in [0, 0.1) is 0 Å². The van der Waals surface area contributed by atoms with Crippen LogP contribution in [0.25, 0.3) is 0 Å². The van der Waals surface area contributed by atoms with Gasteiger partial charge in [0.05, 0.1) is 0 Å². The molecule has 0 radical (unpaired) electrons. The number of hydrogen-bond donors (Lipinski definition) is 1. The fourth-order valence-corrected chi connectivity index (χ4v) is 2.10. The van der Waals surface area contributed by atoms with Crippen molar-refractivity contribution in [3.63, 3.8) is 0 Å². The molecule has 3 aromatic rings. The quantitative estimate of drug-likeness (QED) is 0.707. The van der Waals surface area contributed by atoms with Crippen LogP contribution in [0.15, 0.2) is 66.9 Å². The molecule has 0 aliphatic carbocycles. The number of halogens is 1. The highest BCUT2D eigenvalue weighted by Gasteiger charge is 2.01. The van der Waals surface area contributed by atoms with Gasteiger partial charge in [-0.1, -0.05) is 36.4 Å². The van der Waals surface area contributed by atoms with Gasteiger partial charge in [0.15, 0.2) is 0 Å². The standard InChI is InChI=1S/C17H14ClN3O/c18-17-19-10-9-16(21-17)20-14-7-4-8-15(11-14)22-12-13-5-2-1-3-6-13/h1-11H,12H2,(H,19,20,21). The van der Waals surface area contributed by atoms with Crippen LogP contribution >= 0.6 is 11.6 Å². The van der Waals surface area contributed by atoms with E-state index in [0.717, 1.165) is 17.0 Å². The van der Waals surface area contributed by atoms with E-state index in [0.29, 0.717) is 12.4 Å². The molecule has 1 N–H and O–H groups in total. The van der Waals surface area contributed by atoms with Gasteiger partial charge in [0, 0.05) is 18.0 Å². The summed E-state index contributed by atoms with van der Waals surface area (Å²) in [6.07, 6.45) is 1.60. The summed E-state index contributed by atoms with van der Waals surface area (Å²) in [7, 11) is 0. The molecule has 1 heterocycles. The fraction of sp³-hybridized carbons (Fsp3) is 0.0588. The Morgan fingerprint density at radius 3 is 2.68 bits per heavy atom. The van der Waals surface area contributed by atoms with Crippen LogP contribution in [0.4, 0.5) is 11.5 Å². The van der Waals surface area contributed by atoms with E-state index in [4.69, 9.17) is 16.3 Å². The van der Waals surface area contributed by atoms with Crippen molar-refractivity contribution in [3.8, 4) is 5.75 Å². The first-order valence-electron chi connectivity index (χ1n) is 6.82. The van der Waals surface area contributed by atoms with Crippen molar-refractivity contribution in [2.24, 2.45) is 0 Å². The average Bonchev–Trinajstić information content (AvgIpc) is 2.54. The van der Waals surface area contributed by atoms with Crippen LogP contribution in [-0.2, 0) is 6.61 Å². The Hall–Kier alpha value is -2.59. The molecule has 2 aromatic carbocycles. The van der Waals surface area contributed by atoms with Crippen LogP contribution in [-0.4, -0.2) is 9.97 Å². The maximum Gasteiger partial charge on any atom is 0.224 e. The zero-order valence-corrected chi connectivity index (χ0v) is 12.5. The zero-order valence-electron chi connectivity index (χ0n) is 11.7. The Morgan fingerprint density at radius 2 is 1.86 bits per heavy atom. The van der Waals surface area contributed by atoms with Crippen LogP contribution in [0.5, 0.6) is 5.75 Å². The van der Waals surface area contributed by atoms with E-state index in [1.807, 2.05) is 54.6 Å². The Labute approximate surface area is 133 Å². The van der Waals surface area contributed by atoms with Crippen LogP contribution in [0.3, 0.4) is 0 Å². The number of anilines is 2. The summed E-state index contributed by atoms with van der Waals surface area (Å²) in [4.78, 5) is 7.95. The third-order valence-electron chi connectivity index (χ3n) is 2.98. The smallest absolute Gasteiger partial charge is 0.224 e. The van der Waals surface area contributed by atoms with E-state index in [2.05, 4.69) is 15.3 Å². The summed E-state index contributed by atoms with van der Waals surface area (Å²) < 4.78 is 5.80. The van der Waals surface area contributed by atoms with Gasteiger partial charge in [-0.2, -0.15) is 0 Å². The minimum atomic E-state index is 0.210. The first kappa shape index (κ1) is 14.4. The van der Waals surface area contributed by atoms with Crippen molar-refractivity contribution < 1.29 is 4.74 Å². The van der Waals surface area contributed by atoms with Crippen molar-refractivity contribution in [1.82, 2.24) is 9.97 Å². The lowest BCUT2D eigenvalue weighted by atomic mass is 10.2. The lowest BCUT2D eigenvalue weighted by Crippen LogP contribution is -1.97. The van der Waals surface area contributed by atoms with Crippen molar-refractivity contribution in [1.29, 1.82) is 0 Å². The number of hydrogen-bond acceptors (Lipinski definition) is 4. The van der Waals surface area contributed by atoms with E-state index in [1.54, 1.807) is 12.3 Å². The van der Waals surface area contributed by atoms with Gasteiger partial charge >= 0.3 is 0 Å². The summed E-state index contributed by atoms with van der Waals surface area (Å²) in [5.41, 5.74) is 2.00. The molecule has 0 spiro atoms. The van der Waals surface area contributed by atoms with Crippen molar-refractivity contribution >= 4 is 23.1 Å². The van der Waals surface area contributed by atoms with Crippen molar-refractivity contribution in [3.05, 3.63) is 77.7 Å². The number of benzene rings is 2. The molecule has 5 heteroatoms. The molecule has 0 amide bonds. The zero-order chi connectivity index (χ0) is 15.2. The second kappa shape index (κ2) is 6.91. The Kier molecular flexibility index (Phi) is 4.51. The molecular weight excluding hydrogens is 298 g/mol. The highest BCUT2D eigenvalue weighted by atomic mass is 35.5. The average molecular weight is 312 g/mol. The van der Waals surface area contributed by atoms with Crippen LogP contribution in [0.1, 0.15) is 5.56 Å². The van der Waals surface area contributed by atoms with E-state index in [-0.39, 0.29) is 5.28 Å². The minimum Gasteiger partial charge on any atom is -0.489 e. The largest absolute Gasteiger partial charge is 0.489 e. The molecule has 110 valence electrons. The SMILES string of the molecule is Clc1nccc(Nc2cccc(OCc3ccccc3)c2)n1. The van der Waals surface area contributed by atoms with Gasteiger partial charge in [0.2, 0.25) is 5.28 Å². The molecule has 22 heavy (non-hydrogen) atoms. The third-order valence-corrected chi connectivity index (χ3v) is 3.16. The Bertz CT molecular complexity index is 750. The molecular formula is C17H14ClN3O. The first-order chi connectivity index (χ1) is 10.8. The van der Waals surface area contributed by atoms with Crippen LogP contribution in [0.2, 0.25) is 5.28 Å². The van der Waals surface area contributed by atoms with Gasteiger partial charge in [-0.15, -0.1) is 0 Å². The van der Waals surface area contributed by atoms with E-state index in [1.165, 1.54) is 0 Å². The monoisotopic (exact) mass is 311 g/mol. The van der Waals surface area contributed by atoms with Gasteiger partial charge < -0.3 is 10.1 Å². The number of nitrogens with zero attached hydrogens (tertiary/aromatic N) is 2. The molecule has 3 rings (SSSR count). The second-order valence-electron chi connectivity index (χ2n) is 4.64. The summed E-state index contributed by atoms with van der Waals surface area (Å²) in [6, 6.07) is 19.5. The fourth-order valence-electron chi connectivity index (χ4n) is 1.96. The Morgan fingerprint density at radius 1 is 1.00 bits per heavy atom. The van der Waals surface area contributed by atoms with Gasteiger partial charge in [-0.05, 0) is 35.4 Å². The predicted molar refractivity (Wildman–Crippen MR) is 87.5 cm³/mol. The molecule has 0 fully saturated rings. The molecule has 0 saturated carbocycles. The van der Waals surface area contributed by atoms with Crippen molar-refractivity contribution in [2.45, 2.75) is 6.61 Å². The summed E-state index contributed by atoms with van der Waals surface area (Å²) >= 11 is 5.77. The minimum absolute atomic E-state index is 0.210. The molecule has 0 bridgehead atoms. The highest BCUT2D eigenvalue weighted by molar-refractivity contribution is 6.28. The number of nitrogens with one attached hydrogen (secondary N) is 1.